The molecule has 2 heterocycles. The quantitative estimate of drug-likeness (QED) is 0.739. The number of hydrogen-bond donors (Lipinski definition) is 1. The molecule has 6 heteroatoms. The highest BCUT2D eigenvalue weighted by molar-refractivity contribution is 7.80. The lowest BCUT2D eigenvalue weighted by Crippen LogP contribution is -2.12. The highest BCUT2D eigenvalue weighted by Crippen LogP contribution is 2.22. The summed E-state index contributed by atoms with van der Waals surface area (Å²) in [5.41, 5.74) is 8.92. The standard InChI is InChI=1S/C14H11ClN4S/c1-8-5-6-11(12(16)20)14-17-13(18-19(8)14)9-3-2-4-10(15)7-9/h2-7H,1H3,(H2,16,20). The van der Waals surface area contributed by atoms with Crippen LogP contribution in [0.25, 0.3) is 17.0 Å². The van der Waals surface area contributed by atoms with Crippen LogP contribution in [0.1, 0.15) is 11.3 Å². The summed E-state index contributed by atoms with van der Waals surface area (Å²) in [4.78, 5) is 4.84. The third-order valence-electron chi connectivity index (χ3n) is 3.02. The number of aromatic nitrogens is 3. The van der Waals surface area contributed by atoms with Gasteiger partial charge in [0.25, 0.3) is 0 Å². The van der Waals surface area contributed by atoms with Crippen LogP contribution in [-0.4, -0.2) is 19.6 Å². The first kappa shape index (κ1) is 13.0. The van der Waals surface area contributed by atoms with Crippen LogP contribution < -0.4 is 5.73 Å². The Morgan fingerprint density at radius 3 is 2.80 bits per heavy atom. The number of benzene rings is 1. The topological polar surface area (TPSA) is 56.2 Å². The van der Waals surface area contributed by atoms with Crippen molar-refractivity contribution in [3.63, 3.8) is 0 Å². The molecule has 1 aromatic carbocycles. The number of nitrogens with two attached hydrogens (primary N) is 1. The van der Waals surface area contributed by atoms with Gasteiger partial charge in [-0.3, -0.25) is 0 Å². The van der Waals surface area contributed by atoms with Gasteiger partial charge in [-0.1, -0.05) is 36.0 Å². The maximum atomic E-state index is 6.00. The zero-order valence-corrected chi connectivity index (χ0v) is 12.2. The molecule has 2 N–H and O–H groups in total. The van der Waals surface area contributed by atoms with Crippen LogP contribution in [0.4, 0.5) is 0 Å². The second-order valence-corrected chi connectivity index (χ2v) is 5.31. The van der Waals surface area contributed by atoms with E-state index in [2.05, 4.69) is 10.1 Å². The predicted molar refractivity (Wildman–Crippen MR) is 84.1 cm³/mol. The number of nitrogens with zero attached hydrogens (tertiary/aromatic N) is 3. The van der Waals surface area contributed by atoms with E-state index in [4.69, 9.17) is 29.6 Å². The summed E-state index contributed by atoms with van der Waals surface area (Å²) in [6.07, 6.45) is 0. The van der Waals surface area contributed by atoms with E-state index in [1.165, 1.54) is 0 Å². The third-order valence-corrected chi connectivity index (χ3v) is 3.48. The van der Waals surface area contributed by atoms with E-state index in [-0.39, 0.29) is 0 Å². The lowest BCUT2D eigenvalue weighted by atomic mass is 10.2. The van der Waals surface area contributed by atoms with E-state index in [9.17, 15) is 0 Å². The fourth-order valence-electron chi connectivity index (χ4n) is 2.02. The van der Waals surface area contributed by atoms with E-state index in [1.54, 1.807) is 4.52 Å². The molecular formula is C14H11ClN4S. The average molecular weight is 303 g/mol. The summed E-state index contributed by atoms with van der Waals surface area (Å²) in [5.74, 6) is 0.597. The summed E-state index contributed by atoms with van der Waals surface area (Å²) < 4.78 is 1.74. The Kier molecular flexibility index (Phi) is 3.16. The number of halogens is 1. The van der Waals surface area contributed by atoms with Crippen LogP contribution in [-0.2, 0) is 0 Å². The molecule has 3 rings (SSSR count). The predicted octanol–water partition coefficient (Wildman–Crippen LogP) is 2.99. The number of aryl methyl sites for hydroxylation is 1. The third kappa shape index (κ3) is 2.15. The second kappa shape index (κ2) is 4.85. The Labute approximate surface area is 126 Å². The molecule has 0 saturated carbocycles. The first-order valence-corrected chi connectivity index (χ1v) is 6.77. The van der Waals surface area contributed by atoms with Crippen LogP contribution in [0, 0.1) is 6.92 Å². The fourth-order valence-corrected chi connectivity index (χ4v) is 2.37. The molecule has 0 amide bonds. The summed E-state index contributed by atoms with van der Waals surface area (Å²) in [7, 11) is 0. The monoisotopic (exact) mass is 302 g/mol. The van der Waals surface area contributed by atoms with Crippen LogP contribution >= 0.6 is 23.8 Å². The van der Waals surface area contributed by atoms with Crippen molar-refractivity contribution in [1.29, 1.82) is 0 Å². The Morgan fingerprint density at radius 2 is 2.10 bits per heavy atom. The van der Waals surface area contributed by atoms with Crippen molar-refractivity contribution >= 4 is 34.5 Å². The zero-order valence-electron chi connectivity index (χ0n) is 10.7. The summed E-state index contributed by atoms with van der Waals surface area (Å²) in [6.45, 7) is 1.95. The molecule has 0 aliphatic rings. The van der Waals surface area contributed by atoms with Crippen molar-refractivity contribution in [2.75, 3.05) is 0 Å². The summed E-state index contributed by atoms with van der Waals surface area (Å²) in [6, 6.07) is 11.2. The molecule has 0 bridgehead atoms. The normalized spacial score (nSPS) is 10.9. The molecule has 0 aliphatic carbocycles. The minimum Gasteiger partial charge on any atom is -0.389 e. The molecule has 0 fully saturated rings. The smallest absolute Gasteiger partial charge is 0.182 e. The number of pyridine rings is 1. The maximum Gasteiger partial charge on any atom is 0.182 e. The molecular weight excluding hydrogens is 292 g/mol. The van der Waals surface area contributed by atoms with E-state index >= 15 is 0 Å². The van der Waals surface area contributed by atoms with E-state index in [0.29, 0.717) is 27.0 Å². The van der Waals surface area contributed by atoms with Gasteiger partial charge >= 0.3 is 0 Å². The van der Waals surface area contributed by atoms with E-state index in [1.807, 2.05) is 43.3 Å². The summed E-state index contributed by atoms with van der Waals surface area (Å²) in [5, 5.41) is 5.14. The fraction of sp³-hybridized carbons (Fsp3) is 0.0714. The zero-order chi connectivity index (χ0) is 14.3. The molecule has 3 aromatic rings. The maximum absolute atomic E-state index is 6.00. The molecule has 0 spiro atoms. The first-order valence-electron chi connectivity index (χ1n) is 5.98. The number of rotatable bonds is 2. The van der Waals surface area contributed by atoms with Gasteiger partial charge in [-0.05, 0) is 31.2 Å². The number of fused-ring (bicyclic) bond motifs is 1. The molecule has 0 radical (unpaired) electrons. The summed E-state index contributed by atoms with van der Waals surface area (Å²) >= 11 is 11.1. The van der Waals surface area contributed by atoms with Gasteiger partial charge in [-0.25, -0.2) is 9.50 Å². The van der Waals surface area contributed by atoms with Crippen molar-refractivity contribution in [3.8, 4) is 11.4 Å². The van der Waals surface area contributed by atoms with Crippen molar-refractivity contribution in [1.82, 2.24) is 14.6 Å². The Morgan fingerprint density at radius 1 is 1.30 bits per heavy atom. The molecule has 0 atom stereocenters. The van der Waals surface area contributed by atoms with Crippen LogP contribution in [0.2, 0.25) is 5.02 Å². The van der Waals surface area contributed by atoms with Gasteiger partial charge in [0.15, 0.2) is 11.5 Å². The average Bonchev–Trinajstić information content (AvgIpc) is 2.84. The molecule has 0 aliphatic heterocycles. The lowest BCUT2D eigenvalue weighted by molar-refractivity contribution is 0.917. The van der Waals surface area contributed by atoms with Crippen molar-refractivity contribution < 1.29 is 0 Å². The molecule has 4 nitrogen and oxygen atoms in total. The Balaban J connectivity index is 2.27. The molecule has 0 saturated heterocycles. The Bertz CT molecular complexity index is 825. The highest BCUT2D eigenvalue weighted by atomic mass is 35.5. The van der Waals surface area contributed by atoms with E-state index in [0.717, 1.165) is 11.3 Å². The SMILES string of the molecule is Cc1ccc(C(N)=S)c2nc(-c3cccc(Cl)c3)nn12. The van der Waals surface area contributed by atoms with Crippen LogP contribution in [0.5, 0.6) is 0 Å². The number of hydrogen-bond acceptors (Lipinski definition) is 3. The molecule has 20 heavy (non-hydrogen) atoms. The van der Waals surface area contributed by atoms with E-state index < -0.39 is 0 Å². The van der Waals surface area contributed by atoms with Gasteiger partial charge < -0.3 is 5.73 Å². The minimum absolute atomic E-state index is 0.306. The van der Waals surface area contributed by atoms with Crippen molar-refractivity contribution in [2.45, 2.75) is 6.92 Å². The molecule has 100 valence electrons. The highest BCUT2D eigenvalue weighted by Gasteiger charge is 2.13. The number of thiocarbonyl (C=S) groups is 1. The van der Waals surface area contributed by atoms with Gasteiger partial charge in [0.05, 0.1) is 5.56 Å². The second-order valence-electron chi connectivity index (χ2n) is 4.43. The van der Waals surface area contributed by atoms with Gasteiger partial charge in [0.2, 0.25) is 0 Å². The van der Waals surface area contributed by atoms with Gasteiger partial charge in [-0.2, -0.15) is 0 Å². The van der Waals surface area contributed by atoms with Gasteiger partial charge in [0.1, 0.15) is 4.99 Å². The van der Waals surface area contributed by atoms with Crippen LogP contribution in [0.3, 0.4) is 0 Å². The van der Waals surface area contributed by atoms with Crippen molar-refractivity contribution in [2.24, 2.45) is 5.73 Å². The van der Waals surface area contributed by atoms with Crippen molar-refractivity contribution in [3.05, 3.63) is 52.7 Å². The largest absolute Gasteiger partial charge is 0.389 e. The lowest BCUT2D eigenvalue weighted by Gasteiger charge is -2.02. The first-order chi connectivity index (χ1) is 9.56. The molecule has 2 aromatic heterocycles. The van der Waals surface area contributed by atoms with Gasteiger partial charge in [0, 0.05) is 16.3 Å². The van der Waals surface area contributed by atoms with Gasteiger partial charge in [-0.15, -0.1) is 5.10 Å². The Hall–Kier alpha value is -1.98. The molecule has 0 unspecified atom stereocenters. The van der Waals surface area contributed by atoms with Crippen LogP contribution in [0.15, 0.2) is 36.4 Å². The minimum atomic E-state index is 0.306.